The second kappa shape index (κ2) is 10.3. The Hall–Kier alpha value is -3.63. The van der Waals surface area contributed by atoms with Crippen molar-refractivity contribution < 1.29 is 14.2 Å². The Labute approximate surface area is 202 Å². The highest BCUT2D eigenvalue weighted by molar-refractivity contribution is 5.63. The number of imidazole rings is 1. The third-order valence-electron chi connectivity index (χ3n) is 6.13. The molecule has 1 aromatic carbocycles. The van der Waals surface area contributed by atoms with Gasteiger partial charge in [-0.1, -0.05) is 6.92 Å². The molecule has 0 saturated carbocycles. The van der Waals surface area contributed by atoms with Crippen molar-refractivity contribution in [1.82, 2.24) is 29.5 Å². The molecule has 0 atom stereocenters. The van der Waals surface area contributed by atoms with Crippen LogP contribution in [0.2, 0.25) is 0 Å². The first-order valence-corrected chi connectivity index (χ1v) is 11.8. The number of aliphatic hydroxyl groups is 1. The number of nitrogens with zero attached hydrogens (tertiary/aromatic N) is 6. The maximum atomic E-state index is 14.6. The molecule has 1 aliphatic heterocycles. The fourth-order valence-electron chi connectivity index (χ4n) is 4.18. The van der Waals surface area contributed by atoms with Gasteiger partial charge in [-0.25, -0.2) is 23.9 Å². The fourth-order valence-corrected chi connectivity index (χ4v) is 4.18. The molecule has 1 fully saturated rings. The van der Waals surface area contributed by atoms with E-state index in [0.29, 0.717) is 17.9 Å². The van der Waals surface area contributed by atoms with E-state index in [9.17, 15) is 9.50 Å². The molecule has 0 aliphatic carbocycles. The molecule has 182 valence electrons. The van der Waals surface area contributed by atoms with Crippen molar-refractivity contribution in [2.45, 2.75) is 32.3 Å². The Morgan fingerprint density at radius 2 is 2.03 bits per heavy atom. The fraction of sp³-hybridized carbons (Fsp3) is 0.360. The highest BCUT2D eigenvalue weighted by Crippen LogP contribution is 2.26. The molecule has 0 spiro atoms. The molecule has 1 aliphatic rings. The zero-order chi connectivity index (χ0) is 24.2. The zero-order valence-corrected chi connectivity index (χ0v) is 19.6. The van der Waals surface area contributed by atoms with Crippen molar-refractivity contribution in [2.24, 2.45) is 0 Å². The summed E-state index contributed by atoms with van der Waals surface area (Å²) in [4.78, 5) is 15.1. The second-order valence-electron chi connectivity index (χ2n) is 8.59. The van der Waals surface area contributed by atoms with E-state index >= 15 is 0 Å². The van der Waals surface area contributed by atoms with Crippen molar-refractivity contribution in [3.63, 3.8) is 0 Å². The van der Waals surface area contributed by atoms with Gasteiger partial charge in [-0.2, -0.15) is 5.10 Å². The summed E-state index contributed by atoms with van der Waals surface area (Å²) >= 11 is 0. The maximum absolute atomic E-state index is 14.6. The third kappa shape index (κ3) is 5.39. The number of aryl methyl sites for hydroxylation is 1. The van der Waals surface area contributed by atoms with Crippen LogP contribution in [-0.4, -0.2) is 66.9 Å². The van der Waals surface area contributed by atoms with Gasteiger partial charge in [0.25, 0.3) is 0 Å². The SMILES string of the molecule is CCc1cc(Nc2ncc(F)c(-c3cnc4cccnn34)n2)cc(OCCN2CCC(O)CC2)c1. The predicted molar refractivity (Wildman–Crippen MR) is 130 cm³/mol. The first kappa shape index (κ1) is 23.1. The van der Waals surface area contributed by atoms with Gasteiger partial charge in [0.15, 0.2) is 11.5 Å². The monoisotopic (exact) mass is 477 g/mol. The number of rotatable bonds is 8. The number of hydrogen-bond acceptors (Lipinski definition) is 8. The van der Waals surface area contributed by atoms with Crippen LogP contribution in [0.1, 0.15) is 25.3 Å². The summed E-state index contributed by atoms with van der Waals surface area (Å²) in [6, 6.07) is 9.47. The van der Waals surface area contributed by atoms with Crippen LogP contribution in [0.25, 0.3) is 17.0 Å². The van der Waals surface area contributed by atoms with Gasteiger partial charge < -0.3 is 15.2 Å². The topological polar surface area (TPSA) is 101 Å². The van der Waals surface area contributed by atoms with Crippen LogP contribution in [0.4, 0.5) is 16.0 Å². The molecular weight excluding hydrogens is 449 g/mol. The minimum absolute atomic E-state index is 0.114. The largest absolute Gasteiger partial charge is 0.492 e. The van der Waals surface area contributed by atoms with E-state index in [0.717, 1.165) is 62.1 Å². The quantitative estimate of drug-likeness (QED) is 0.398. The maximum Gasteiger partial charge on any atom is 0.227 e. The number of ether oxygens (including phenoxy) is 1. The van der Waals surface area contributed by atoms with E-state index in [1.807, 2.05) is 18.2 Å². The number of hydrogen-bond donors (Lipinski definition) is 2. The average molecular weight is 478 g/mol. The molecule has 9 nitrogen and oxygen atoms in total. The molecule has 0 radical (unpaired) electrons. The van der Waals surface area contributed by atoms with E-state index in [-0.39, 0.29) is 17.7 Å². The molecule has 5 rings (SSSR count). The molecule has 1 saturated heterocycles. The number of aromatic nitrogens is 5. The smallest absolute Gasteiger partial charge is 0.227 e. The Balaban J connectivity index is 1.32. The van der Waals surface area contributed by atoms with Crippen molar-refractivity contribution in [2.75, 3.05) is 31.6 Å². The summed E-state index contributed by atoms with van der Waals surface area (Å²) in [5, 5.41) is 17.1. The minimum atomic E-state index is -0.556. The molecular formula is C25H28FN7O2. The number of piperidine rings is 1. The third-order valence-corrected chi connectivity index (χ3v) is 6.13. The van der Waals surface area contributed by atoms with Crippen molar-refractivity contribution in [3.05, 3.63) is 60.3 Å². The van der Waals surface area contributed by atoms with Crippen LogP contribution < -0.4 is 10.1 Å². The van der Waals surface area contributed by atoms with Crippen LogP contribution in [0, 0.1) is 5.82 Å². The Bertz CT molecular complexity index is 1300. The second-order valence-corrected chi connectivity index (χ2v) is 8.59. The first-order chi connectivity index (χ1) is 17.1. The lowest BCUT2D eigenvalue weighted by molar-refractivity contribution is 0.0755. The van der Waals surface area contributed by atoms with Crippen molar-refractivity contribution >= 4 is 17.3 Å². The highest BCUT2D eigenvalue weighted by Gasteiger charge is 2.17. The first-order valence-electron chi connectivity index (χ1n) is 11.8. The average Bonchev–Trinajstić information content (AvgIpc) is 3.30. The highest BCUT2D eigenvalue weighted by atomic mass is 19.1. The lowest BCUT2D eigenvalue weighted by Gasteiger charge is -2.29. The summed E-state index contributed by atoms with van der Waals surface area (Å²) < 4.78 is 22.2. The van der Waals surface area contributed by atoms with Gasteiger partial charge in [0.2, 0.25) is 5.95 Å². The summed E-state index contributed by atoms with van der Waals surface area (Å²) in [6.07, 6.45) is 6.57. The van der Waals surface area contributed by atoms with Gasteiger partial charge in [0.05, 0.1) is 18.5 Å². The lowest BCUT2D eigenvalue weighted by atomic mass is 10.1. The predicted octanol–water partition coefficient (Wildman–Crippen LogP) is 3.47. The molecule has 10 heteroatoms. The van der Waals surface area contributed by atoms with E-state index in [1.54, 1.807) is 29.0 Å². The lowest BCUT2D eigenvalue weighted by Crippen LogP contribution is -2.38. The Morgan fingerprint density at radius 1 is 1.17 bits per heavy atom. The van der Waals surface area contributed by atoms with E-state index in [4.69, 9.17) is 4.74 Å². The van der Waals surface area contributed by atoms with Gasteiger partial charge in [-0.3, -0.25) is 4.90 Å². The molecule has 0 unspecified atom stereocenters. The standard InChI is InChI=1S/C25H28FN7O2/c1-2-17-12-18(14-20(13-17)35-11-10-32-8-5-19(34)6-9-32)30-25-28-15-21(26)24(31-25)22-16-27-23-4-3-7-29-33(22)23/h3-4,7,12-16,19,34H,2,5-6,8-11H2,1H3,(H,28,30,31). The van der Waals surface area contributed by atoms with Crippen LogP contribution in [-0.2, 0) is 6.42 Å². The van der Waals surface area contributed by atoms with Crippen molar-refractivity contribution in [3.8, 4) is 17.1 Å². The van der Waals surface area contributed by atoms with Crippen LogP contribution in [0.3, 0.4) is 0 Å². The molecule has 2 N–H and O–H groups in total. The van der Waals surface area contributed by atoms with Gasteiger partial charge >= 0.3 is 0 Å². The van der Waals surface area contributed by atoms with E-state index < -0.39 is 5.82 Å². The van der Waals surface area contributed by atoms with E-state index in [2.05, 4.69) is 37.2 Å². The van der Waals surface area contributed by atoms with Gasteiger partial charge in [0.1, 0.15) is 23.7 Å². The Kier molecular flexibility index (Phi) is 6.82. The molecule has 3 aromatic heterocycles. The number of aliphatic hydroxyl groups excluding tert-OH is 1. The molecule has 4 heterocycles. The van der Waals surface area contributed by atoms with Crippen LogP contribution in [0.5, 0.6) is 5.75 Å². The van der Waals surface area contributed by atoms with Crippen LogP contribution >= 0.6 is 0 Å². The minimum Gasteiger partial charge on any atom is -0.492 e. The summed E-state index contributed by atoms with van der Waals surface area (Å²) in [7, 11) is 0. The molecule has 0 amide bonds. The molecule has 35 heavy (non-hydrogen) atoms. The van der Waals surface area contributed by atoms with Gasteiger partial charge in [-0.05, 0) is 49.1 Å². The number of anilines is 2. The summed E-state index contributed by atoms with van der Waals surface area (Å²) in [6.45, 7) is 5.22. The Morgan fingerprint density at radius 3 is 2.86 bits per heavy atom. The van der Waals surface area contributed by atoms with Gasteiger partial charge in [-0.15, -0.1) is 0 Å². The normalized spacial score (nSPS) is 14.9. The molecule has 0 bridgehead atoms. The van der Waals surface area contributed by atoms with Crippen LogP contribution in [0.15, 0.2) is 48.9 Å². The zero-order valence-electron chi connectivity index (χ0n) is 19.6. The number of benzene rings is 1. The number of halogens is 1. The number of fused-ring (bicyclic) bond motifs is 1. The van der Waals surface area contributed by atoms with Gasteiger partial charge in [0, 0.05) is 37.6 Å². The van der Waals surface area contributed by atoms with Crippen molar-refractivity contribution in [1.29, 1.82) is 0 Å². The number of nitrogens with one attached hydrogen (secondary N) is 1. The van der Waals surface area contributed by atoms with E-state index in [1.165, 1.54) is 0 Å². The summed E-state index contributed by atoms with van der Waals surface area (Å²) in [5.41, 5.74) is 3.02. The summed E-state index contributed by atoms with van der Waals surface area (Å²) in [5.74, 6) is 0.454. The molecule has 4 aromatic rings. The number of likely N-dealkylation sites (tertiary alicyclic amines) is 1.